The average Bonchev–Trinajstić information content (AvgIpc) is 2.75. The topological polar surface area (TPSA) is 71.5 Å². The zero-order chi connectivity index (χ0) is 13.8. The number of ether oxygens (including phenoxy) is 1. The molecule has 0 aliphatic heterocycles. The number of halogens is 1. The molecule has 0 aromatic carbocycles. The van der Waals surface area contributed by atoms with Gasteiger partial charge < -0.3 is 15.2 Å². The first-order chi connectivity index (χ1) is 9.11. The van der Waals surface area contributed by atoms with E-state index in [9.17, 15) is 9.90 Å². The summed E-state index contributed by atoms with van der Waals surface area (Å²) in [5, 5.41) is 13.3. The molecule has 104 valence electrons. The quantitative estimate of drug-likeness (QED) is 0.655. The van der Waals surface area contributed by atoms with E-state index >= 15 is 0 Å². The third-order valence-corrected chi connectivity index (χ3v) is 3.39. The van der Waals surface area contributed by atoms with E-state index in [2.05, 4.69) is 10.3 Å². The molecule has 0 amide bonds. The van der Waals surface area contributed by atoms with Gasteiger partial charge in [-0.25, -0.2) is 9.78 Å². The van der Waals surface area contributed by atoms with Crippen molar-refractivity contribution in [1.82, 2.24) is 4.98 Å². The predicted octanol–water partition coefficient (Wildman–Crippen LogP) is 2.24. The molecule has 6 heteroatoms. The van der Waals surface area contributed by atoms with Crippen molar-refractivity contribution >= 4 is 23.3 Å². The molecule has 0 bridgehead atoms. The Kier molecular flexibility index (Phi) is 4.61. The van der Waals surface area contributed by atoms with Gasteiger partial charge in [0.1, 0.15) is 10.7 Å². The highest BCUT2D eigenvalue weighted by molar-refractivity contribution is 6.29. The second-order valence-electron chi connectivity index (χ2n) is 4.52. The number of aromatic nitrogens is 1. The molecule has 1 aromatic heterocycles. The summed E-state index contributed by atoms with van der Waals surface area (Å²) in [4.78, 5) is 15.7. The predicted molar refractivity (Wildman–Crippen MR) is 72.5 cm³/mol. The zero-order valence-corrected chi connectivity index (χ0v) is 11.5. The summed E-state index contributed by atoms with van der Waals surface area (Å²) in [6.45, 7) is 2.04. The second kappa shape index (κ2) is 6.21. The Hall–Kier alpha value is -1.33. The summed E-state index contributed by atoms with van der Waals surface area (Å²) in [6.07, 6.45) is 3.59. The van der Waals surface area contributed by atoms with Crippen LogP contribution in [0.4, 0.5) is 5.69 Å². The van der Waals surface area contributed by atoms with Gasteiger partial charge in [0.25, 0.3) is 0 Å². The SMILES string of the molecule is CCOC(=O)c1cnc(Cl)cc1N[C@@H]1CCC[C@H]1O. The third kappa shape index (κ3) is 3.36. The summed E-state index contributed by atoms with van der Waals surface area (Å²) in [7, 11) is 0. The zero-order valence-electron chi connectivity index (χ0n) is 10.7. The minimum absolute atomic E-state index is 0.0633. The number of hydrogen-bond donors (Lipinski definition) is 2. The normalized spacial score (nSPS) is 22.3. The van der Waals surface area contributed by atoms with E-state index in [-0.39, 0.29) is 6.04 Å². The van der Waals surface area contributed by atoms with Crippen LogP contribution in [0.5, 0.6) is 0 Å². The van der Waals surface area contributed by atoms with Crippen molar-refractivity contribution < 1.29 is 14.6 Å². The fourth-order valence-corrected chi connectivity index (χ4v) is 2.39. The lowest BCUT2D eigenvalue weighted by Crippen LogP contribution is -2.29. The summed E-state index contributed by atoms with van der Waals surface area (Å²) >= 11 is 5.85. The molecule has 1 aliphatic carbocycles. The Bertz CT molecular complexity index is 467. The number of esters is 1. The van der Waals surface area contributed by atoms with E-state index in [4.69, 9.17) is 16.3 Å². The highest BCUT2D eigenvalue weighted by atomic mass is 35.5. The van der Waals surface area contributed by atoms with Crippen LogP contribution in [-0.4, -0.2) is 34.8 Å². The molecular formula is C13H17ClN2O3. The standard InChI is InChI=1S/C13H17ClN2O3/c1-2-19-13(18)8-7-15-12(14)6-10(8)16-9-4-3-5-11(9)17/h6-7,9,11,17H,2-5H2,1H3,(H,15,16)/t9-,11-/m1/s1. The molecule has 0 radical (unpaired) electrons. The van der Waals surface area contributed by atoms with Gasteiger partial charge in [0, 0.05) is 6.20 Å². The molecular weight excluding hydrogens is 268 g/mol. The van der Waals surface area contributed by atoms with Crippen LogP contribution in [0.25, 0.3) is 0 Å². The summed E-state index contributed by atoms with van der Waals surface area (Å²) < 4.78 is 4.98. The van der Waals surface area contributed by atoms with Crippen LogP contribution >= 0.6 is 11.6 Å². The number of pyridine rings is 1. The van der Waals surface area contributed by atoms with Crippen LogP contribution in [0.1, 0.15) is 36.5 Å². The number of nitrogens with zero attached hydrogens (tertiary/aromatic N) is 1. The Balaban J connectivity index is 2.21. The molecule has 0 saturated heterocycles. The van der Waals surface area contributed by atoms with Gasteiger partial charge in [-0.15, -0.1) is 0 Å². The maximum Gasteiger partial charge on any atom is 0.341 e. The Morgan fingerprint density at radius 2 is 2.42 bits per heavy atom. The van der Waals surface area contributed by atoms with Crippen LogP contribution in [0, 0.1) is 0 Å². The second-order valence-corrected chi connectivity index (χ2v) is 4.91. The summed E-state index contributed by atoms with van der Waals surface area (Å²) in [5.74, 6) is -0.443. The Morgan fingerprint density at radius 1 is 1.63 bits per heavy atom. The number of nitrogens with one attached hydrogen (secondary N) is 1. The van der Waals surface area contributed by atoms with Gasteiger partial charge in [0.05, 0.1) is 24.4 Å². The fraction of sp³-hybridized carbons (Fsp3) is 0.538. The van der Waals surface area contributed by atoms with E-state index in [0.717, 1.165) is 19.3 Å². The molecule has 2 N–H and O–H groups in total. The average molecular weight is 285 g/mol. The highest BCUT2D eigenvalue weighted by Gasteiger charge is 2.26. The fourth-order valence-electron chi connectivity index (χ4n) is 2.23. The van der Waals surface area contributed by atoms with Crippen LogP contribution in [0.15, 0.2) is 12.3 Å². The molecule has 5 nitrogen and oxygen atoms in total. The van der Waals surface area contributed by atoms with E-state index in [1.807, 2.05) is 0 Å². The van der Waals surface area contributed by atoms with Crippen LogP contribution in [0.2, 0.25) is 5.15 Å². The minimum atomic E-state index is -0.443. The molecule has 1 aromatic rings. The number of aliphatic hydroxyl groups is 1. The van der Waals surface area contributed by atoms with Crippen molar-refractivity contribution in [2.75, 3.05) is 11.9 Å². The maximum atomic E-state index is 11.8. The lowest BCUT2D eigenvalue weighted by Gasteiger charge is -2.19. The molecule has 2 rings (SSSR count). The third-order valence-electron chi connectivity index (χ3n) is 3.19. The van der Waals surface area contributed by atoms with Crippen molar-refractivity contribution in [2.24, 2.45) is 0 Å². The molecule has 1 aliphatic rings. The van der Waals surface area contributed by atoms with Gasteiger partial charge in [0.2, 0.25) is 0 Å². The Labute approximate surface area is 116 Å². The molecule has 19 heavy (non-hydrogen) atoms. The minimum Gasteiger partial charge on any atom is -0.462 e. The molecule has 1 fully saturated rings. The largest absolute Gasteiger partial charge is 0.462 e. The van der Waals surface area contributed by atoms with Crippen molar-refractivity contribution in [1.29, 1.82) is 0 Å². The van der Waals surface area contributed by atoms with Crippen molar-refractivity contribution in [3.8, 4) is 0 Å². The van der Waals surface area contributed by atoms with Gasteiger partial charge in [-0.05, 0) is 32.3 Å². The van der Waals surface area contributed by atoms with Crippen molar-refractivity contribution in [3.05, 3.63) is 23.0 Å². The number of carbonyl (C=O) groups is 1. The smallest absolute Gasteiger partial charge is 0.341 e. The van der Waals surface area contributed by atoms with Crippen LogP contribution in [0.3, 0.4) is 0 Å². The lowest BCUT2D eigenvalue weighted by molar-refractivity contribution is 0.0526. The number of hydrogen-bond acceptors (Lipinski definition) is 5. The summed E-state index contributed by atoms with van der Waals surface area (Å²) in [5.41, 5.74) is 0.898. The van der Waals surface area contributed by atoms with Gasteiger partial charge in [0.15, 0.2) is 0 Å². The molecule has 0 spiro atoms. The van der Waals surface area contributed by atoms with Crippen molar-refractivity contribution in [3.63, 3.8) is 0 Å². The van der Waals surface area contributed by atoms with Gasteiger partial charge in [-0.3, -0.25) is 0 Å². The molecule has 2 atom stereocenters. The number of carbonyl (C=O) groups excluding carboxylic acids is 1. The first-order valence-corrected chi connectivity index (χ1v) is 6.77. The van der Waals surface area contributed by atoms with Gasteiger partial charge in [-0.2, -0.15) is 0 Å². The molecule has 0 unspecified atom stereocenters. The van der Waals surface area contributed by atoms with E-state index < -0.39 is 12.1 Å². The summed E-state index contributed by atoms with van der Waals surface area (Å²) in [6, 6.07) is 1.52. The lowest BCUT2D eigenvalue weighted by atomic mass is 10.1. The Morgan fingerprint density at radius 3 is 3.05 bits per heavy atom. The van der Waals surface area contributed by atoms with Crippen LogP contribution in [-0.2, 0) is 4.74 Å². The van der Waals surface area contributed by atoms with Gasteiger partial charge >= 0.3 is 5.97 Å². The highest BCUT2D eigenvalue weighted by Crippen LogP contribution is 2.26. The molecule has 1 heterocycles. The van der Waals surface area contributed by atoms with E-state index in [1.165, 1.54) is 6.20 Å². The van der Waals surface area contributed by atoms with Crippen molar-refractivity contribution in [2.45, 2.75) is 38.3 Å². The number of anilines is 1. The first kappa shape index (κ1) is 14.1. The van der Waals surface area contributed by atoms with Crippen LogP contribution < -0.4 is 5.32 Å². The first-order valence-electron chi connectivity index (χ1n) is 6.39. The monoisotopic (exact) mass is 284 g/mol. The number of aliphatic hydroxyl groups excluding tert-OH is 1. The van der Waals surface area contributed by atoms with Gasteiger partial charge in [-0.1, -0.05) is 11.6 Å². The maximum absolute atomic E-state index is 11.8. The van der Waals surface area contributed by atoms with E-state index in [0.29, 0.717) is 23.0 Å². The molecule has 1 saturated carbocycles. The van der Waals surface area contributed by atoms with E-state index in [1.54, 1.807) is 13.0 Å². The number of rotatable bonds is 4.